The van der Waals surface area contributed by atoms with Crippen molar-refractivity contribution >= 4 is 11.9 Å². The summed E-state index contributed by atoms with van der Waals surface area (Å²) in [5.41, 5.74) is 1.92. The van der Waals surface area contributed by atoms with Crippen LogP contribution in [0.4, 0.5) is 17.6 Å². The maximum absolute atomic E-state index is 13.2. The van der Waals surface area contributed by atoms with E-state index in [-0.39, 0.29) is 5.56 Å². The van der Waals surface area contributed by atoms with Crippen molar-refractivity contribution in [1.29, 1.82) is 0 Å². The lowest BCUT2D eigenvalue weighted by Crippen LogP contribution is -2.34. The van der Waals surface area contributed by atoms with Crippen LogP contribution in [0.5, 0.6) is 0 Å². The molecule has 1 saturated heterocycles. The van der Waals surface area contributed by atoms with Gasteiger partial charge in [0.1, 0.15) is 5.82 Å². The Balaban J connectivity index is 1.92. The normalized spacial score (nSPS) is 19.9. The Morgan fingerprint density at radius 2 is 1.71 bits per heavy atom. The lowest BCUT2D eigenvalue weighted by atomic mass is 9.96. The molecule has 28 heavy (non-hydrogen) atoms. The number of carbonyl (C=O) groups is 2. The number of nitrogens with zero attached hydrogens (tertiary/aromatic N) is 2. The predicted molar refractivity (Wildman–Crippen MR) is 91.8 cm³/mol. The van der Waals surface area contributed by atoms with E-state index in [9.17, 15) is 27.2 Å². The number of carboxylic acids is 1. The molecule has 1 fully saturated rings. The van der Waals surface area contributed by atoms with Gasteiger partial charge in [-0.05, 0) is 44.2 Å². The summed E-state index contributed by atoms with van der Waals surface area (Å²) in [7, 11) is 0. The molecule has 1 aromatic heterocycles. The fraction of sp³-hybridized carbons (Fsp3) is 0.368. The summed E-state index contributed by atoms with van der Waals surface area (Å²) in [6, 6.07) is 7.13. The van der Waals surface area contributed by atoms with E-state index in [1.54, 1.807) is 18.4 Å². The Bertz CT molecular complexity index is 918. The molecule has 1 aliphatic rings. The molecule has 0 aliphatic carbocycles. The summed E-state index contributed by atoms with van der Waals surface area (Å²) in [5.74, 6) is -6.44. The second kappa shape index (κ2) is 6.96. The molecule has 0 saturated carbocycles. The molecule has 0 spiro atoms. The first kappa shape index (κ1) is 19.9. The first-order valence-corrected chi connectivity index (χ1v) is 8.54. The van der Waals surface area contributed by atoms with E-state index in [0.29, 0.717) is 17.1 Å². The number of alkyl halides is 3. The molecule has 1 aliphatic heterocycles. The Labute approximate surface area is 158 Å². The van der Waals surface area contributed by atoms with Gasteiger partial charge in [0.05, 0.1) is 17.4 Å². The minimum atomic E-state index is -4.71. The maximum atomic E-state index is 13.2. The van der Waals surface area contributed by atoms with Crippen molar-refractivity contribution in [2.75, 3.05) is 13.1 Å². The van der Waals surface area contributed by atoms with Gasteiger partial charge in [0.25, 0.3) is 5.91 Å². The summed E-state index contributed by atoms with van der Waals surface area (Å²) in [4.78, 5) is 25.0. The van der Waals surface area contributed by atoms with Gasteiger partial charge in [-0.3, -0.25) is 9.59 Å². The average Bonchev–Trinajstić information content (AvgIpc) is 3.17. The Kier molecular flexibility index (Phi) is 4.95. The first-order valence-electron chi connectivity index (χ1n) is 8.54. The van der Waals surface area contributed by atoms with Crippen LogP contribution in [0.15, 0.2) is 30.3 Å². The van der Waals surface area contributed by atoms with Crippen molar-refractivity contribution in [2.45, 2.75) is 20.0 Å². The standard InChI is InChI=1S/C19H18F4N2O3/c1-10-7-14(11(2)25(10)13-5-3-12(20)4-6-13)17(26)24-8-15(18(27)28)16(9-24)19(21,22)23/h3-7,15-16H,8-9H2,1-2H3,(H,27,28)/t15-,16-/m1/s1. The molecule has 9 heteroatoms. The minimum absolute atomic E-state index is 0.189. The van der Waals surface area contributed by atoms with Gasteiger partial charge in [-0.2, -0.15) is 13.2 Å². The Hall–Kier alpha value is -2.84. The number of hydrogen-bond donors (Lipinski definition) is 1. The van der Waals surface area contributed by atoms with Crippen LogP contribution in [0.1, 0.15) is 21.7 Å². The number of amides is 1. The number of aliphatic carboxylic acids is 1. The van der Waals surface area contributed by atoms with Crippen LogP contribution in [0.2, 0.25) is 0 Å². The zero-order valence-electron chi connectivity index (χ0n) is 15.1. The average molecular weight is 398 g/mol. The van der Waals surface area contributed by atoms with Crippen LogP contribution >= 0.6 is 0 Å². The quantitative estimate of drug-likeness (QED) is 0.805. The number of aromatic nitrogens is 1. The van der Waals surface area contributed by atoms with Crippen molar-refractivity contribution in [3.63, 3.8) is 0 Å². The van der Waals surface area contributed by atoms with E-state index < -0.39 is 48.8 Å². The molecule has 0 unspecified atom stereocenters. The summed E-state index contributed by atoms with van der Waals surface area (Å²) in [6.07, 6.45) is -4.71. The van der Waals surface area contributed by atoms with Crippen LogP contribution in [-0.2, 0) is 4.79 Å². The first-order chi connectivity index (χ1) is 13.0. The third-order valence-corrected chi connectivity index (χ3v) is 5.09. The van der Waals surface area contributed by atoms with E-state index in [4.69, 9.17) is 5.11 Å². The molecule has 2 atom stereocenters. The van der Waals surface area contributed by atoms with Crippen molar-refractivity contribution in [1.82, 2.24) is 9.47 Å². The molecule has 5 nitrogen and oxygen atoms in total. The third-order valence-electron chi connectivity index (χ3n) is 5.09. The van der Waals surface area contributed by atoms with Crippen LogP contribution in [0.3, 0.4) is 0 Å². The third kappa shape index (κ3) is 3.48. The molecule has 1 amide bonds. The van der Waals surface area contributed by atoms with Gasteiger partial charge in [0.2, 0.25) is 0 Å². The molecule has 1 aromatic carbocycles. The van der Waals surface area contributed by atoms with E-state index >= 15 is 0 Å². The molecule has 2 aromatic rings. The molecular formula is C19H18F4N2O3. The van der Waals surface area contributed by atoms with Crippen LogP contribution in [0, 0.1) is 31.5 Å². The topological polar surface area (TPSA) is 62.5 Å². The van der Waals surface area contributed by atoms with Gasteiger partial charge in [-0.25, -0.2) is 4.39 Å². The number of aryl methyl sites for hydroxylation is 1. The second-order valence-electron chi connectivity index (χ2n) is 6.90. The van der Waals surface area contributed by atoms with Crippen molar-refractivity contribution in [3.8, 4) is 5.69 Å². The summed E-state index contributed by atoms with van der Waals surface area (Å²) >= 11 is 0. The summed E-state index contributed by atoms with van der Waals surface area (Å²) in [6.45, 7) is 2.16. The number of carboxylic acid groups (broad SMARTS) is 1. The Morgan fingerprint density at radius 1 is 1.11 bits per heavy atom. The molecule has 1 N–H and O–H groups in total. The lowest BCUT2D eigenvalue weighted by molar-refractivity contribution is -0.187. The largest absolute Gasteiger partial charge is 0.481 e. The number of rotatable bonds is 3. The van der Waals surface area contributed by atoms with Crippen molar-refractivity contribution < 1.29 is 32.3 Å². The summed E-state index contributed by atoms with van der Waals surface area (Å²) in [5, 5.41) is 9.12. The van der Waals surface area contributed by atoms with Crippen molar-refractivity contribution in [3.05, 3.63) is 53.1 Å². The molecule has 150 valence electrons. The fourth-order valence-electron chi connectivity index (χ4n) is 3.69. The monoisotopic (exact) mass is 398 g/mol. The minimum Gasteiger partial charge on any atom is -0.481 e. The highest BCUT2D eigenvalue weighted by atomic mass is 19.4. The number of hydrogen-bond acceptors (Lipinski definition) is 2. The van der Waals surface area contributed by atoms with E-state index in [2.05, 4.69) is 0 Å². The van der Waals surface area contributed by atoms with Gasteiger partial charge < -0.3 is 14.6 Å². The van der Waals surface area contributed by atoms with Gasteiger partial charge in [-0.15, -0.1) is 0 Å². The van der Waals surface area contributed by atoms with E-state index in [0.717, 1.165) is 4.90 Å². The second-order valence-corrected chi connectivity index (χ2v) is 6.90. The van der Waals surface area contributed by atoms with Crippen LogP contribution in [-0.4, -0.2) is 45.7 Å². The molecule has 2 heterocycles. The van der Waals surface area contributed by atoms with Crippen molar-refractivity contribution in [2.24, 2.45) is 11.8 Å². The zero-order chi connectivity index (χ0) is 20.8. The van der Waals surface area contributed by atoms with Crippen LogP contribution in [0.25, 0.3) is 5.69 Å². The summed E-state index contributed by atoms with van der Waals surface area (Å²) < 4.78 is 54.4. The molecule has 3 rings (SSSR count). The van der Waals surface area contributed by atoms with Gasteiger partial charge >= 0.3 is 12.1 Å². The van der Waals surface area contributed by atoms with E-state index in [1.807, 2.05) is 0 Å². The van der Waals surface area contributed by atoms with E-state index in [1.165, 1.54) is 30.3 Å². The van der Waals surface area contributed by atoms with Gasteiger partial charge in [0.15, 0.2) is 0 Å². The number of halogens is 4. The zero-order valence-corrected chi connectivity index (χ0v) is 15.1. The fourth-order valence-corrected chi connectivity index (χ4v) is 3.69. The molecule has 0 bridgehead atoms. The molecule has 0 radical (unpaired) electrons. The lowest BCUT2D eigenvalue weighted by Gasteiger charge is -2.18. The highest BCUT2D eigenvalue weighted by molar-refractivity contribution is 5.96. The van der Waals surface area contributed by atoms with Crippen LogP contribution < -0.4 is 0 Å². The SMILES string of the molecule is Cc1cc(C(=O)N2C[C@@H](C(F)(F)F)[C@H](C(=O)O)C2)c(C)n1-c1ccc(F)cc1. The smallest absolute Gasteiger partial charge is 0.394 e. The molecular weight excluding hydrogens is 380 g/mol. The number of carbonyl (C=O) groups excluding carboxylic acids is 1. The Morgan fingerprint density at radius 3 is 2.21 bits per heavy atom. The number of likely N-dealkylation sites (tertiary alicyclic amines) is 1. The highest BCUT2D eigenvalue weighted by Gasteiger charge is 2.53. The van der Waals surface area contributed by atoms with Gasteiger partial charge in [0, 0.05) is 30.2 Å². The predicted octanol–water partition coefficient (Wildman–Crippen LogP) is 3.57. The highest BCUT2D eigenvalue weighted by Crippen LogP contribution is 2.38. The van der Waals surface area contributed by atoms with Gasteiger partial charge in [-0.1, -0.05) is 0 Å². The maximum Gasteiger partial charge on any atom is 0.394 e. The number of benzene rings is 1.